The largest absolute Gasteiger partial charge is 0.381 e. The van der Waals surface area contributed by atoms with Gasteiger partial charge in [0, 0.05) is 0 Å². The van der Waals surface area contributed by atoms with E-state index in [0.29, 0.717) is 0 Å². The second kappa shape index (κ2) is 6.07. The summed E-state index contributed by atoms with van der Waals surface area (Å²) in [4.78, 5) is 0. The van der Waals surface area contributed by atoms with E-state index in [1.54, 1.807) is 0 Å². The molecule has 0 fully saturated rings. The maximum Gasteiger partial charge on any atom is 0.0704 e. The monoisotopic (exact) mass is 287 g/mol. The van der Waals surface area contributed by atoms with Gasteiger partial charge in [-0.3, -0.25) is 0 Å². The van der Waals surface area contributed by atoms with Crippen LogP contribution in [0, 0.1) is 0 Å². The van der Waals surface area contributed by atoms with E-state index >= 15 is 0 Å². The third kappa shape index (κ3) is 2.89. The minimum absolute atomic E-state index is 0.195. The maximum atomic E-state index is 4.14. The van der Waals surface area contributed by atoms with Gasteiger partial charge in [0.2, 0.25) is 0 Å². The van der Waals surface area contributed by atoms with Crippen molar-refractivity contribution >= 4 is 5.57 Å². The molecule has 1 atom stereocenters. The normalized spacial score (nSPS) is 16.8. The van der Waals surface area contributed by atoms with Crippen LogP contribution >= 0.6 is 0 Å². The molecule has 0 aromatic heterocycles. The molecule has 0 bridgehead atoms. The predicted octanol–water partition coefficient (Wildman–Crippen LogP) is 5.49. The van der Waals surface area contributed by atoms with Crippen LogP contribution in [0.5, 0.6) is 0 Å². The Morgan fingerprint density at radius 2 is 1.82 bits per heavy atom. The first kappa shape index (κ1) is 14.4. The average Bonchev–Trinajstić information content (AvgIpc) is 2.55. The zero-order valence-electron chi connectivity index (χ0n) is 13.1. The van der Waals surface area contributed by atoms with Gasteiger partial charge in [0.25, 0.3) is 0 Å². The molecular weight excluding hydrogens is 266 g/mol. The van der Waals surface area contributed by atoms with Gasteiger partial charge in [0.15, 0.2) is 0 Å². The average molecular weight is 287 g/mol. The van der Waals surface area contributed by atoms with E-state index in [4.69, 9.17) is 0 Å². The van der Waals surface area contributed by atoms with E-state index < -0.39 is 0 Å². The first-order valence-corrected chi connectivity index (χ1v) is 7.61. The molecule has 0 amide bonds. The van der Waals surface area contributed by atoms with Crippen molar-refractivity contribution in [3.8, 4) is 11.1 Å². The molecule has 0 spiro atoms. The highest BCUT2D eigenvalue weighted by molar-refractivity contribution is 5.72. The maximum absolute atomic E-state index is 4.14. The second-order valence-corrected chi connectivity index (χ2v) is 5.84. The standard InChI is InChI=1S/C21H21N/c1-15(2)19-10-9-18(17-7-5-4-6-8-17)14-20(19)21-13-16(3)11-12-22-21/h4-14,21-22H,1H2,2-3H3. The van der Waals surface area contributed by atoms with Gasteiger partial charge in [-0.15, -0.1) is 0 Å². The van der Waals surface area contributed by atoms with E-state index in [-0.39, 0.29) is 6.04 Å². The molecule has 110 valence electrons. The van der Waals surface area contributed by atoms with Crippen LogP contribution in [-0.4, -0.2) is 0 Å². The Labute approximate surface area is 132 Å². The summed E-state index contributed by atoms with van der Waals surface area (Å²) in [5, 5.41) is 3.44. The molecule has 0 aliphatic carbocycles. The lowest BCUT2D eigenvalue weighted by atomic mass is 9.90. The summed E-state index contributed by atoms with van der Waals surface area (Å²) in [5.41, 5.74) is 7.35. The van der Waals surface area contributed by atoms with E-state index in [2.05, 4.69) is 80.4 Å². The van der Waals surface area contributed by atoms with Crippen LogP contribution in [0.3, 0.4) is 0 Å². The molecule has 2 aromatic rings. The van der Waals surface area contributed by atoms with Gasteiger partial charge in [-0.2, -0.15) is 0 Å². The van der Waals surface area contributed by atoms with Crippen LogP contribution < -0.4 is 5.32 Å². The fourth-order valence-electron chi connectivity index (χ4n) is 2.85. The van der Waals surface area contributed by atoms with Crippen molar-refractivity contribution in [2.24, 2.45) is 0 Å². The summed E-state index contributed by atoms with van der Waals surface area (Å²) in [6.45, 7) is 8.33. The van der Waals surface area contributed by atoms with Gasteiger partial charge >= 0.3 is 0 Å². The Balaban J connectivity index is 2.10. The van der Waals surface area contributed by atoms with Crippen LogP contribution in [-0.2, 0) is 0 Å². The first-order valence-electron chi connectivity index (χ1n) is 7.61. The SMILES string of the molecule is C=C(C)c1ccc(-c2ccccc2)cc1C1C=C(C)C=CN1. The molecule has 0 saturated heterocycles. The molecule has 1 unspecified atom stereocenters. The minimum atomic E-state index is 0.195. The lowest BCUT2D eigenvalue weighted by Crippen LogP contribution is -2.17. The zero-order chi connectivity index (χ0) is 15.5. The van der Waals surface area contributed by atoms with Crippen molar-refractivity contribution in [2.75, 3.05) is 0 Å². The molecule has 22 heavy (non-hydrogen) atoms. The number of dihydropyridines is 1. The topological polar surface area (TPSA) is 12.0 Å². The van der Waals surface area contributed by atoms with Crippen molar-refractivity contribution in [1.82, 2.24) is 5.32 Å². The summed E-state index contributed by atoms with van der Waals surface area (Å²) in [6, 6.07) is 17.3. The Hall–Kier alpha value is -2.54. The predicted molar refractivity (Wildman–Crippen MR) is 95.4 cm³/mol. The smallest absolute Gasteiger partial charge is 0.0704 e. The molecule has 1 N–H and O–H groups in total. The molecular formula is C21H21N. The molecule has 1 nitrogen and oxygen atoms in total. The van der Waals surface area contributed by atoms with Crippen LogP contribution in [0.1, 0.15) is 31.0 Å². The fourth-order valence-corrected chi connectivity index (χ4v) is 2.85. The van der Waals surface area contributed by atoms with E-state index in [9.17, 15) is 0 Å². The van der Waals surface area contributed by atoms with Crippen molar-refractivity contribution in [2.45, 2.75) is 19.9 Å². The summed E-state index contributed by atoms with van der Waals surface area (Å²) in [6.07, 6.45) is 6.38. The Morgan fingerprint density at radius 3 is 2.50 bits per heavy atom. The Kier molecular flexibility index (Phi) is 3.97. The van der Waals surface area contributed by atoms with Crippen LogP contribution in [0.4, 0.5) is 0 Å². The number of benzene rings is 2. The number of hydrogen-bond donors (Lipinski definition) is 1. The number of hydrogen-bond acceptors (Lipinski definition) is 1. The lowest BCUT2D eigenvalue weighted by molar-refractivity contribution is 0.737. The van der Waals surface area contributed by atoms with Crippen molar-refractivity contribution in [3.63, 3.8) is 0 Å². The molecule has 1 aliphatic heterocycles. The quantitative estimate of drug-likeness (QED) is 0.787. The van der Waals surface area contributed by atoms with Gasteiger partial charge < -0.3 is 5.32 Å². The highest BCUT2D eigenvalue weighted by Crippen LogP contribution is 2.31. The number of rotatable bonds is 3. The Morgan fingerprint density at radius 1 is 1.05 bits per heavy atom. The summed E-state index contributed by atoms with van der Waals surface area (Å²) in [7, 11) is 0. The van der Waals surface area contributed by atoms with E-state index in [1.807, 2.05) is 12.3 Å². The van der Waals surface area contributed by atoms with Crippen molar-refractivity contribution in [3.05, 3.63) is 90.2 Å². The van der Waals surface area contributed by atoms with Crippen LogP contribution in [0.15, 0.2) is 79.0 Å². The lowest BCUT2D eigenvalue weighted by Gasteiger charge is -2.22. The zero-order valence-corrected chi connectivity index (χ0v) is 13.1. The van der Waals surface area contributed by atoms with Gasteiger partial charge in [0.1, 0.15) is 0 Å². The molecule has 1 heterocycles. The fraction of sp³-hybridized carbons (Fsp3) is 0.143. The first-order chi connectivity index (χ1) is 10.6. The second-order valence-electron chi connectivity index (χ2n) is 5.84. The van der Waals surface area contributed by atoms with Gasteiger partial charge in [-0.25, -0.2) is 0 Å². The number of allylic oxidation sites excluding steroid dienone is 3. The van der Waals surface area contributed by atoms with Gasteiger partial charge in [0.05, 0.1) is 6.04 Å². The third-order valence-electron chi connectivity index (χ3n) is 4.01. The third-order valence-corrected chi connectivity index (χ3v) is 4.01. The molecule has 3 rings (SSSR count). The summed E-state index contributed by atoms with van der Waals surface area (Å²) >= 11 is 0. The summed E-state index contributed by atoms with van der Waals surface area (Å²) in [5.74, 6) is 0. The minimum Gasteiger partial charge on any atom is -0.381 e. The molecule has 1 heteroatoms. The Bertz CT molecular complexity index is 751. The van der Waals surface area contributed by atoms with Gasteiger partial charge in [-0.1, -0.05) is 66.3 Å². The van der Waals surface area contributed by atoms with Crippen LogP contribution in [0.25, 0.3) is 16.7 Å². The highest BCUT2D eigenvalue weighted by atomic mass is 14.9. The molecule has 2 aromatic carbocycles. The molecule has 0 radical (unpaired) electrons. The van der Waals surface area contributed by atoms with E-state index in [0.717, 1.165) is 5.57 Å². The van der Waals surface area contributed by atoms with Crippen molar-refractivity contribution < 1.29 is 0 Å². The molecule has 0 saturated carbocycles. The van der Waals surface area contributed by atoms with Crippen molar-refractivity contribution in [1.29, 1.82) is 0 Å². The summed E-state index contributed by atoms with van der Waals surface area (Å²) < 4.78 is 0. The van der Waals surface area contributed by atoms with Gasteiger partial charge in [-0.05, 0) is 54.4 Å². The van der Waals surface area contributed by atoms with Crippen LogP contribution in [0.2, 0.25) is 0 Å². The highest BCUT2D eigenvalue weighted by Gasteiger charge is 2.15. The molecule has 1 aliphatic rings. The van der Waals surface area contributed by atoms with E-state index in [1.165, 1.54) is 27.8 Å². The number of nitrogens with one attached hydrogen (secondary N) is 1.